The third-order valence-electron chi connectivity index (χ3n) is 30.2. The SMILES string of the molecule is Brc1c2ccccc2c(-c2ccccc2)c2c1oc1c3ccccc3ccc12.Brc1ccc(-c2c3ccccc3c(-c3ccccc3)c3c2oc2c4ccccc4ccc23)cc1.Brc1ccc(I)cc1.CC1(C)OB(B2OC(C)(C)C(C)(C)O2)OC1(C)C.CC1(C)OB(c2ccc(-c3ccccc3)c3c2oc2c4ccccc4ccc23)OC1(C)C.Oc1c(-c2cc(Br)c3ccccc3c2-c2ccccc2)ccc2ccccc12.[2H]CF. The molecule has 0 atom stereocenters. The zero-order valence-electron chi connectivity index (χ0n) is 86.0. The summed E-state index contributed by atoms with van der Waals surface area (Å²) in [6.45, 7) is 24.5. The fourth-order valence-corrected chi connectivity index (χ4v) is 22.6. The third kappa shape index (κ3) is 19.4. The first kappa shape index (κ1) is 102. The van der Waals surface area contributed by atoms with E-state index in [1.54, 1.807) is 0 Å². The second-order valence-corrected chi connectivity index (χ2v) is 45.6. The lowest BCUT2D eigenvalue weighted by molar-refractivity contribution is 0.00578. The number of furan rings is 3. The van der Waals surface area contributed by atoms with Crippen LogP contribution in [0.15, 0.2) is 438 Å². The molecule has 0 bridgehead atoms. The molecule has 0 saturated carbocycles. The molecule has 3 aromatic heterocycles. The zero-order chi connectivity index (χ0) is 105. The highest BCUT2D eigenvalue weighted by atomic mass is 127. The van der Waals surface area contributed by atoms with Crippen molar-refractivity contribution < 1.29 is 52.0 Å². The van der Waals surface area contributed by atoms with Crippen molar-refractivity contribution in [2.45, 2.75) is 117 Å². The number of phenolic OH excluding ortho intramolecular Hbond substituents is 1. The van der Waals surface area contributed by atoms with Crippen molar-refractivity contribution >= 4 is 254 Å². The van der Waals surface area contributed by atoms with Crippen LogP contribution in [0.4, 0.5) is 4.39 Å². The van der Waals surface area contributed by atoms with E-state index in [-0.39, 0.29) is 22.4 Å². The van der Waals surface area contributed by atoms with E-state index in [0.717, 1.165) is 177 Å². The summed E-state index contributed by atoms with van der Waals surface area (Å²) in [7, 11) is -2.44. The molecule has 3 aliphatic rings. The van der Waals surface area contributed by atoms with Crippen LogP contribution >= 0.6 is 86.3 Å². The Labute approximate surface area is 922 Å². The lowest BCUT2D eigenvalue weighted by Gasteiger charge is -2.32. The minimum absolute atomic E-state index is 0.317. The lowest BCUT2D eigenvalue weighted by atomic mass is 9.49. The van der Waals surface area contributed by atoms with Crippen LogP contribution in [-0.2, 0) is 27.9 Å². The molecule has 3 fully saturated rings. The maximum absolute atomic E-state index is 11.1. The van der Waals surface area contributed by atoms with Crippen molar-refractivity contribution in [3.63, 3.8) is 0 Å². The van der Waals surface area contributed by atoms with E-state index >= 15 is 0 Å². The Balaban J connectivity index is 0.000000108. The highest BCUT2D eigenvalue weighted by Gasteiger charge is 2.64. The van der Waals surface area contributed by atoms with Gasteiger partial charge in [0, 0.05) is 104 Å². The second-order valence-electron chi connectivity index (χ2n) is 40.9. The number of fused-ring (bicyclic) bond motifs is 19. The van der Waals surface area contributed by atoms with Crippen LogP contribution in [0.3, 0.4) is 0 Å². The molecule has 0 radical (unpaired) electrons. The summed E-state index contributed by atoms with van der Waals surface area (Å²) in [4.78, 5) is 0. The van der Waals surface area contributed by atoms with Crippen LogP contribution in [0.5, 0.6) is 5.75 Å². The monoisotopic (exact) mass is 2340 g/mol. The molecule has 0 aliphatic carbocycles. The summed E-state index contributed by atoms with van der Waals surface area (Å²) in [6, 6.07) is 141. The Kier molecular flexibility index (Phi) is 28.5. The van der Waals surface area contributed by atoms with Gasteiger partial charge in [0.25, 0.3) is 0 Å². The van der Waals surface area contributed by atoms with Crippen LogP contribution in [0.2, 0.25) is 0 Å². The van der Waals surface area contributed by atoms with Gasteiger partial charge in [0.1, 0.15) is 33.7 Å². The number of phenols is 1. The first-order chi connectivity index (χ1) is 72.8. The summed E-state index contributed by atoms with van der Waals surface area (Å²) < 4.78 is 77.7. The van der Waals surface area contributed by atoms with E-state index in [1.807, 2.05) is 110 Å². The summed E-state index contributed by atoms with van der Waals surface area (Å²) in [5, 5.41) is 33.9. The molecule has 0 spiro atoms. The molecule has 27 rings (SSSR count). The Bertz CT molecular complexity index is 9150. The predicted molar refractivity (Wildman–Crippen MR) is 649 cm³/mol. The van der Waals surface area contributed by atoms with Gasteiger partial charge >= 0.3 is 21.1 Å². The maximum atomic E-state index is 11.1. The van der Waals surface area contributed by atoms with Crippen LogP contribution in [0.25, 0.3) is 208 Å². The van der Waals surface area contributed by atoms with Gasteiger partial charge in [-0.2, -0.15) is 0 Å². The highest BCUT2D eigenvalue weighted by molar-refractivity contribution is 14.1. The Morgan fingerprint density at radius 1 is 0.260 bits per heavy atom. The van der Waals surface area contributed by atoms with E-state index in [2.05, 4.69) is 466 Å². The van der Waals surface area contributed by atoms with Crippen molar-refractivity contribution in [1.29, 1.82) is 0 Å². The normalized spacial score (nSPS) is 15.1. The molecular weight excluding hydrogens is 2230 g/mol. The fraction of sp³-hybridized carbons (Fsp3) is 0.145. The number of benzene rings is 21. The van der Waals surface area contributed by atoms with Gasteiger partial charge in [0.2, 0.25) is 0 Å². The molecule has 0 amide bonds. The first-order valence-electron chi connectivity index (χ1n) is 50.8. The van der Waals surface area contributed by atoms with Gasteiger partial charge in [0.05, 0.1) is 46.6 Å². The molecule has 24 aromatic rings. The van der Waals surface area contributed by atoms with Crippen LogP contribution in [0.1, 0.15) is 84.5 Å². The number of hydrogen-bond donors (Lipinski definition) is 1. The van der Waals surface area contributed by atoms with Gasteiger partial charge in [-0.3, -0.25) is 4.39 Å². The topological polar surface area (TPSA) is 115 Å². The average Bonchev–Trinajstić information content (AvgIpc) is 1.54. The molecule has 742 valence electrons. The average molecular weight is 2340 g/mol. The van der Waals surface area contributed by atoms with Crippen molar-refractivity contribution in [3.05, 3.63) is 428 Å². The molecule has 1 N–H and O–H groups in total. The largest absolute Gasteiger partial charge is 0.507 e. The molecule has 0 unspecified atom stereocenters. The molecule has 19 heteroatoms. The third-order valence-corrected chi connectivity index (χ3v) is 33.4. The number of aromatic hydroxyl groups is 1. The van der Waals surface area contributed by atoms with E-state index in [1.165, 1.54) is 58.1 Å². The smallest absolute Gasteiger partial charge is 0.498 e. The molecule has 6 heterocycles. The van der Waals surface area contributed by atoms with Crippen molar-refractivity contribution in [2.75, 3.05) is 7.15 Å². The van der Waals surface area contributed by atoms with Gasteiger partial charge < -0.3 is 46.3 Å². The number of alkyl halides is 1. The number of rotatable bonds is 8. The molecule has 10 nitrogen and oxygen atoms in total. The zero-order valence-corrected chi connectivity index (χ0v) is 93.5. The molecular formula is C131H107B3Br4FIO10. The quantitative estimate of drug-likeness (QED) is 0.116. The van der Waals surface area contributed by atoms with Gasteiger partial charge in [0.15, 0.2) is 5.58 Å². The van der Waals surface area contributed by atoms with Gasteiger partial charge in [-0.05, 0) is 281 Å². The predicted octanol–water partition coefficient (Wildman–Crippen LogP) is 38.7. The summed E-state index contributed by atoms with van der Waals surface area (Å²) >= 11 is 16.8. The van der Waals surface area contributed by atoms with E-state index in [9.17, 15) is 9.50 Å². The Morgan fingerprint density at radius 2 is 0.567 bits per heavy atom. The lowest BCUT2D eigenvalue weighted by Crippen LogP contribution is -2.41. The number of hydrogen-bond acceptors (Lipinski definition) is 10. The highest BCUT2D eigenvalue weighted by Crippen LogP contribution is 2.54. The van der Waals surface area contributed by atoms with Crippen molar-refractivity contribution in [2.24, 2.45) is 0 Å². The maximum Gasteiger partial charge on any atom is 0.498 e. The summed E-state index contributed by atoms with van der Waals surface area (Å²) in [5.74, 6) is 0.317. The molecule has 150 heavy (non-hydrogen) atoms. The second kappa shape index (κ2) is 42.1. The van der Waals surface area contributed by atoms with Crippen molar-refractivity contribution in [3.8, 4) is 72.5 Å². The van der Waals surface area contributed by atoms with E-state index in [0.29, 0.717) is 5.75 Å². The molecule has 3 saturated heterocycles. The van der Waals surface area contributed by atoms with Crippen LogP contribution in [-0.4, -0.2) is 67.0 Å². The Hall–Kier alpha value is -12.8. The summed E-state index contributed by atoms with van der Waals surface area (Å²) in [6.07, 6.45) is 0. The van der Waals surface area contributed by atoms with E-state index < -0.39 is 39.5 Å². The van der Waals surface area contributed by atoms with Crippen molar-refractivity contribution in [1.82, 2.24) is 0 Å². The van der Waals surface area contributed by atoms with E-state index in [4.69, 9.17) is 42.5 Å². The Morgan fingerprint density at radius 3 is 1.01 bits per heavy atom. The fourth-order valence-electron chi connectivity index (χ4n) is 20.5. The summed E-state index contributed by atoms with van der Waals surface area (Å²) in [5.41, 5.74) is 17.7. The van der Waals surface area contributed by atoms with Gasteiger partial charge in [-0.25, -0.2) is 0 Å². The molecule has 3 aliphatic heterocycles. The number of halogens is 6. The van der Waals surface area contributed by atoms with Crippen LogP contribution < -0.4 is 5.46 Å². The minimum Gasteiger partial charge on any atom is -0.507 e. The standard InChI is InChI=1S/C32H19BrO.C28H25BO3.C26H15BrO.C26H17BrO.C12H24B2O4.C6H4BrI.CH3F/c33-23-17-14-22(15-18-23)29-26-13-7-6-12-25(26)28(21-9-2-1-3-10-21)30-27-19-16-20-8-4-5-11-24(20)31(27)34-32(29)30;1-27(2)28(3,4)32-29(31-27)23-17-16-20(18-10-6-5-7-11-18)24-22-15-14-19-12-8-9-13-21(19)25(22)30-26(23)24;27-24-20-13-7-6-12-19(20)22(17-9-2-1-3-10-17)23-21-15-14-16-8-4-5-11-18(16)25(21)28-26(23)24;27-24-16-23(22-15-14-17-8-4-5-11-19(17)26(22)28)25(18-9-2-1-3-10-18)21-13-7-6-12-20(21)24;1-9(2)10(3,4)16-13(15-9)14-17-11(5,6)12(7,8)18-14;7-5-1-3-6(8)4-2-5;1-2/h1-19H;5-17H,1-4H3;1-15H;1-16,28H;1-8H3;1-4H;1H3/i;;;;;;1D. The molecule has 21 aromatic carbocycles. The van der Waals surface area contributed by atoms with Crippen LogP contribution in [0, 0.1) is 3.57 Å². The minimum atomic E-state index is -1.00. The van der Waals surface area contributed by atoms with Gasteiger partial charge in [-0.1, -0.05) is 388 Å². The first-order valence-corrected chi connectivity index (χ1v) is 54.4. The van der Waals surface area contributed by atoms with Gasteiger partial charge in [-0.15, -0.1) is 0 Å².